The summed E-state index contributed by atoms with van der Waals surface area (Å²) in [5.41, 5.74) is 3.72. The molecular formula is C32H30F3N3O2. The smallest absolute Gasteiger partial charge is 0.335 e. The Labute approximate surface area is 231 Å². The highest BCUT2D eigenvalue weighted by Gasteiger charge is 2.46. The third-order valence-electron chi connectivity index (χ3n) is 7.55. The van der Waals surface area contributed by atoms with Gasteiger partial charge in [0.25, 0.3) is 5.91 Å². The molecule has 1 aromatic heterocycles. The Hall–Kier alpha value is -4.20. The van der Waals surface area contributed by atoms with Crippen molar-refractivity contribution in [2.24, 2.45) is 0 Å². The van der Waals surface area contributed by atoms with E-state index in [0.29, 0.717) is 28.5 Å². The van der Waals surface area contributed by atoms with Crippen molar-refractivity contribution in [1.29, 1.82) is 0 Å². The zero-order chi connectivity index (χ0) is 28.3. The van der Waals surface area contributed by atoms with Gasteiger partial charge in [-0.05, 0) is 61.6 Å². The van der Waals surface area contributed by atoms with Crippen molar-refractivity contribution in [3.05, 3.63) is 113 Å². The molecule has 0 radical (unpaired) electrons. The molecule has 5 rings (SSSR count). The van der Waals surface area contributed by atoms with Crippen LogP contribution in [0.25, 0.3) is 10.9 Å². The number of amides is 2. The summed E-state index contributed by atoms with van der Waals surface area (Å²) in [4.78, 5) is 33.5. The minimum atomic E-state index is -5.02. The van der Waals surface area contributed by atoms with Crippen LogP contribution in [-0.2, 0) is 17.8 Å². The number of aryl methyl sites for hydroxylation is 1. The molecule has 8 heteroatoms. The molecule has 1 saturated heterocycles. The van der Waals surface area contributed by atoms with Gasteiger partial charge in [-0.15, -0.1) is 0 Å². The summed E-state index contributed by atoms with van der Waals surface area (Å²) in [6.45, 7) is 1.96. The summed E-state index contributed by atoms with van der Waals surface area (Å²) in [6, 6.07) is 24.7. The van der Waals surface area contributed by atoms with E-state index in [9.17, 15) is 22.8 Å². The number of aromatic nitrogens is 1. The Kier molecular flexibility index (Phi) is 7.87. The molecule has 3 aromatic carbocycles. The molecule has 0 bridgehead atoms. The quantitative estimate of drug-likeness (QED) is 0.284. The Morgan fingerprint density at radius 3 is 2.48 bits per heavy atom. The maximum absolute atomic E-state index is 13.9. The van der Waals surface area contributed by atoms with Crippen LogP contribution in [0.3, 0.4) is 0 Å². The van der Waals surface area contributed by atoms with E-state index >= 15 is 0 Å². The lowest BCUT2D eigenvalue weighted by Gasteiger charge is -2.44. The molecule has 0 unspecified atom stereocenters. The topological polar surface area (TPSA) is 53.5 Å². The lowest BCUT2D eigenvalue weighted by atomic mass is 9.90. The first-order chi connectivity index (χ1) is 19.2. The maximum Gasteiger partial charge on any atom is 0.471 e. The fourth-order valence-corrected chi connectivity index (χ4v) is 5.61. The number of hydrogen-bond acceptors (Lipinski definition) is 3. The number of rotatable bonds is 6. The van der Waals surface area contributed by atoms with Gasteiger partial charge in [-0.25, -0.2) is 0 Å². The molecule has 2 atom stereocenters. The van der Waals surface area contributed by atoms with Crippen molar-refractivity contribution in [1.82, 2.24) is 14.8 Å². The first kappa shape index (κ1) is 27.4. The molecule has 40 heavy (non-hydrogen) atoms. The van der Waals surface area contributed by atoms with Crippen molar-refractivity contribution >= 4 is 22.7 Å². The minimum Gasteiger partial charge on any atom is -0.335 e. The number of hydrogen-bond donors (Lipinski definition) is 0. The third-order valence-corrected chi connectivity index (χ3v) is 7.55. The van der Waals surface area contributed by atoms with Crippen LogP contribution in [0.4, 0.5) is 13.2 Å². The van der Waals surface area contributed by atoms with E-state index in [1.807, 2.05) is 61.5 Å². The predicted molar refractivity (Wildman–Crippen MR) is 148 cm³/mol. The number of likely N-dealkylation sites (tertiary alicyclic amines) is 1. The second-order valence-electron chi connectivity index (χ2n) is 10.3. The summed E-state index contributed by atoms with van der Waals surface area (Å²) >= 11 is 0. The Morgan fingerprint density at radius 1 is 0.975 bits per heavy atom. The molecule has 206 valence electrons. The number of carbonyl (C=O) groups excluding carboxylic acids is 2. The number of para-hydroxylation sites is 1. The number of carbonyl (C=O) groups is 2. The van der Waals surface area contributed by atoms with E-state index in [0.717, 1.165) is 16.0 Å². The van der Waals surface area contributed by atoms with Crippen LogP contribution >= 0.6 is 0 Å². The molecule has 2 heterocycles. The third kappa shape index (κ3) is 6.01. The number of piperidine rings is 1. The van der Waals surface area contributed by atoms with Crippen molar-refractivity contribution in [3.8, 4) is 0 Å². The molecule has 2 amide bonds. The van der Waals surface area contributed by atoms with E-state index < -0.39 is 18.1 Å². The summed E-state index contributed by atoms with van der Waals surface area (Å²) in [5, 5.41) is 0.706. The molecule has 0 spiro atoms. The van der Waals surface area contributed by atoms with Crippen molar-refractivity contribution in [3.63, 3.8) is 0 Å². The van der Waals surface area contributed by atoms with Crippen LogP contribution in [0.15, 0.2) is 91.1 Å². The number of fused-ring (bicyclic) bond motifs is 1. The molecule has 1 aliphatic heterocycles. The zero-order valence-corrected chi connectivity index (χ0v) is 22.1. The Bertz CT molecular complexity index is 1500. The van der Waals surface area contributed by atoms with E-state index in [-0.39, 0.29) is 37.9 Å². The van der Waals surface area contributed by atoms with Gasteiger partial charge in [0.2, 0.25) is 0 Å². The van der Waals surface area contributed by atoms with Crippen molar-refractivity contribution in [2.45, 2.75) is 51.0 Å². The number of halogens is 3. The molecule has 5 nitrogen and oxygen atoms in total. The average molecular weight is 546 g/mol. The van der Waals surface area contributed by atoms with Gasteiger partial charge >= 0.3 is 12.1 Å². The van der Waals surface area contributed by atoms with Crippen molar-refractivity contribution in [2.75, 3.05) is 6.54 Å². The summed E-state index contributed by atoms with van der Waals surface area (Å²) < 4.78 is 41.7. The molecule has 4 aromatic rings. The number of alkyl halides is 3. The summed E-state index contributed by atoms with van der Waals surface area (Å²) in [6.07, 6.45) is -2.52. The molecule has 0 aliphatic carbocycles. The fraction of sp³-hybridized carbons (Fsp3) is 0.281. The van der Waals surface area contributed by atoms with Crippen molar-refractivity contribution < 1.29 is 22.8 Å². The normalized spacial score (nSPS) is 17.6. The maximum atomic E-state index is 13.9. The highest BCUT2D eigenvalue weighted by atomic mass is 19.4. The highest BCUT2D eigenvalue weighted by Crippen LogP contribution is 2.31. The number of pyridine rings is 1. The predicted octanol–water partition coefficient (Wildman–Crippen LogP) is 6.35. The monoisotopic (exact) mass is 545 g/mol. The van der Waals surface area contributed by atoms with Gasteiger partial charge in [-0.1, -0.05) is 66.2 Å². The lowest BCUT2D eigenvalue weighted by molar-refractivity contribution is -0.189. The van der Waals surface area contributed by atoms with Gasteiger partial charge in [-0.2, -0.15) is 13.2 Å². The molecule has 1 aliphatic rings. The Morgan fingerprint density at radius 2 is 1.73 bits per heavy atom. The van der Waals surface area contributed by atoms with Gasteiger partial charge in [0.05, 0.1) is 5.52 Å². The molecule has 0 N–H and O–H groups in total. The fourth-order valence-electron chi connectivity index (χ4n) is 5.61. The largest absolute Gasteiger partial charge is 0.471 e. The zero-order valence-electron chi connectivity index (χ0n) is 22.1. The Balaban J connectivity index is 1.48. The lowest BCUT2D eigenvalue weighted by Crippen LogP contribution is -2.55. The van der Waals surface area contributed by atoms with Gasteiger partial charge in [0.1, 0.15) is 0 Å². The van der Waals surface area contributed by atoms with Gasteiger partial charge in [0.15, 0.2) is 0 Å². The second-order valence-corrected chi connectivity index (χ2v) is 10.3. The van der Waals surface area contributed by atoms with E-state index in [4.69, 9.17) is 0 Å². The van der Waals surface area contributed by atoms with E-state index in [1.165, 1.54) is 0 Å². The average Bonchev–Trinajstić information content (AvgIpc) is 2.95. The second kappa shape index (κ2) is 11.5. The molecular weight excluding hydrogens is 515 g/mol. The first-order valence-corrected chi connectivity index (χ1v) is 13.3. The first-order valence-electron chi connectivity index (χ1n) is 13.3. The standard InChI is InChI=1S/C32H30F3N3O2/c1-22-8-7-11-24(18-22)30(39)37-17-15-26(20-27(37)19-23-9-3-2-4-10-23)38(31(40)32(33,34)35)21-25-14-16-36-29-13-6-5-12-28(25)29/h2-14,16,18,26-27H,15,17,19-21H2,1H3/t26-,27+/m0/s1. The van der Waals surface area contributed by atoms with Crippen LogP contribution in [-0.4, -0.2) is 51.4 Å². The van der Waals surface area contributed by atoms with Crippen LogP contribution < -0.4 is 0 Å². The molecule has 0 saturated carbocycles. The van der Waals surface area contributed by atoms with Gasteiger partial charge < -0.3 is 9.80 Å². The highest BCUT2D eigenvalue weighted by molar-refractivity contribution is 5.94. The SMILES string of the molecule is Cc1cccc(C(=O)N2CC[C@H](N(Cc3ccnc4ccccc34)C(=O)C(F)(F)F)C[C@H]2Cc2ccccc2)c1. The number of benzene rings is 3. The van der Waals surface area contributed by atoms with E-state index in [2.05, 4.69) is 4.98 Å². The van der Waals surface area contributed by atoms with E-state index in [1.54, 1.807) is 41.4 Å². The summed E-state index contributed by atoms with van der Waals surface area (Å²) in [5.74, 6) is -2.02. The number of nitrogens with zero attached hydrogens (tertiary/aromatic N) is 3. The molecule has 1 fully saturated rings. The van der Waals surface area contributed by atoms with Crippen LogP contribution in [0.2, 0.25) is 0 Å². The van der Waals surface area contributed by atoms with Gasteiger partial charge in [0, 0.05) is 42.3 Å². The summed E-state index contributed by atoms with van der Waals surface area (Å²) in [7, 11) is 0. The van der Waals surface area contributed by atoms with Crippen LogP contribution in [0.1, 0.15) is 39.9 Å². The minimum absolute atomic E-state index is 0.156. The van der Waals surface area contributed by atoms with Gasteiger partial charge in [-0.3, -0.25) is 14.6 Å². The van der Waals surface area contributed by atoms with Crippen LogP contribution in [0, 0.1) is 6.92 Å². The van der Waals surface area contributed by atoms with Crippen LogP contribution in [0.5, 0.6) is 0 Å².